The van der Waals surface area contributed by atoms with Gasteiger partial charge < -0.3 is 5.11 Å². The van der Waals surface area contributed by atoms with Gasteiger partial charge in [0.25, 0.3) is 0 Å². The molecule has 0 atom stereocenters. The molecule has 0 spiro atoms. The lowest BCUT2D eigenvalue weighted by Gasteiger charge is -2.09. The van der Waals surface area contributed by atoms with Gasteiger partial charge in [-0.15, -0.1) is 0 Å². The van der Waals surface area contributed by atoms with E-state index in [0.717, 1.165) is 33.7 Å². The van der Waals surface area contributed by atoms with Crippen molar-refractivity contribution < 1.29 is 5.11 Å². The monoisotopic (exact) mass is 428 g/mol. The average molecular weight is 429 g/mol. The van der Waals surface area contributed by atoms with Crippen molar-refractivity contribution in [3.63, 3.8) is 0 Å². The summed E-state index contributed by atoms with van der Waals surface area (Å²) in [6.07, 6.45) is 0.418. The van der Waals surface area contributed by atoms with E-state index in [2.05, 4.69) is 26.0 Å². The number of hydrogen-bond donors (Lipinski definition) is 1. The first kappa shape index (κ1) is 19.5. The summed E-state index contributed by atoms with van der Waals surface area (Å²) in [4.78, 5) is 9.83. The summed E-state index contributed by atoms with van der Waals surface area (Å²) >= 11 is 6.23. The zero-order chi connectivity index (χ0) is 21.5. The summed E-state index contributed by atoms with van der Waals surface area (Å²) in [6.45, 7) is 4.23. The number of phenols is 1. The maximum Gasteiger partial charge on any atom is 0.124 e. The summed E-state index contributed by atoms with van der Waals surface area (Å²) < 4.78 is 2.03. The molecule has 1 aliphatic heterocycles. The molecular formula is C25H21ClN4O. The Kier molecular flexibility index (Phi) is 4.83. The van der Waals surface area contributed by atoms with E-state index >= 15 is 0 Å². The fraction of sp³-hybridized carbons (Fsp3) is 0.160. The Morgan fingerprint density at radius 1 is 0.903 bits per heavy atom. The number of aliphatic imine (C=N–C) groups is 2. The van der Waals surface area contributed by atoms with E-state index in [1.165, 1.54) is 0 Å². The van der Waals surface area contributed by atoms with E-state index in [1.54, 1.807) is 18.2 Å². The molecule has 1 aromatic heterocycles. The van der Waals surface area contributed by atoms with Gasteiger partial charge in [-0.3, -0.25) is 9.67 Å². The normalized spacial score (nSPS) is 13.7. The molecule has 0 amide bonds. The summed E-state index contributed by atoms with van der Waals surface area (Å²) in [5.74, 6) is 0.138. The minimum Gasteiger partial charge on any atom is -0.507 e. The quantitative estimate of drug-likeness (QED) is 0.398. The molecule has 0 saturated carbocycles. The standard InChI is InChI=1S/C25H21ClN4O/c1-15(2)30-23-10-6-3-7-17(23)25(29-30)22-14-21(18-13-16(26)11-12-24(18)31)27-19-8-4-5-9-20(19)28-22/h3-13,15,31H,14H2,1-2H3. The molecule has 1 aliphatic rings. The minimum atomic E-state index is 0.138. The molecule has 5 nitrogen and oxygen atoms in total. The molecule has 0 unspecified atom stereocenters. The van der Waals surface area contributed by atoms with Gasteiger partial charge in [0.2, 0.25) is 0 Å². The van der Waals surface area contributed by atoms with E-state index in [4.69, 9.17) is 26.7 Å². The molecule has 3 aromatic carbocycles. The number of nitrogens with zero attached hydrogens (tertiary/aromatic N) is 4. The third kappa shape index (κ3) is 3.51. The zero-order valence-electron chi connectivity index (χ0n) is 17.2. The lowest BCUT2D eigenvalue weighted by molar-refractivity contribution is 0.474. The Labute approximate surface area is 185 Å². The summed E-state index contributed by atoms with van der Waals surface area (Å²) in [5, 5.41) is 17.1. The third-order valence-corrected chi connectivity index (χ3v) is 5.61. The number of rotatable bonds is 3. The second-order valence-electron chi connectivity index (χ2n) is 7.85. The van der Waals surface area contributed by atoms with Crippen molar-refractivity contribution >= 4 is 45.3 Å². The van der Waals surface area contributed by atoms with Crippen molar-refractivity contribution in [3.8, 4) is 5.75 Å². The number of fused-ring (bicyclic) bond motifs is 2. The average Bonchev–Trinajstić information content (AvgIpc) is 3.05. The molecule has 4 aromatic rings. The van der Waals surface area contributed by atoms with Crippen LogP contribution in [0.2, 0.25) is 5.02 Å². The van der Waals surface area contributed by atoms with Gasteiger partial charge >= 0.3 is 0 Å². The predicted molar refractivity (Wildman–Crippen MR) is 127 cm³/mol. The number of aromatic hydroxyl groups is 1. The van der Waals surface area contributed by atoms with Crippen LogP contribution in [0, 0.1) is 0 Å². The highest BCUT2D eigenvalue weighted by atomic mass is 35.5. The van der Waals surface area contributed by atoms with Crippen LogP contribution in [0.5, 0.6) is 5.75 Å². The Morgan fingerprint density at radius 3 is 2.32 bits per heavy atom. The minimum absolute atomic E-state index is 0.138. The molecule has 5 rings (SSSR count). The Bertz CT molecular complexity index is 1370. The first-order valence-corrected chi connectivity index (χ1v) is 10.6. The highest BCUT2D eigenvalue weighted by molar-refractivity contribution is 6.31. The maximum absolute atomic E-state index is 10.5. The number of benzene rings is 3. The molecule has 0 saturated heterocycles. The molecule has 1 N–H and O–H groups in total. The van der Waals surface area contributed by atoms with Crippen molar-refractivity contribution in [2.45, 2.75) is 26.3 Å². The topological polar surface area (TPSA) is 62.8 Å². The Hall–Kier alpha value is -3.44. The molecular weight excluding hydrogens is 408 g/mol. The van der Waals surface area contributed by atoms with Crippen LogP contribution in [0.15, 0.2) is 76.7 Å². The number of hydrogen-bond acceptors (Lipinski definition) is 4. The fourth-order valence-corrected chi connectivity index (χ4v) is 4.08. The second-order valence-corrected chi connectivity index (χ2v) is 8.28. The zero-order valence-corrected chi connectivity index (χ0v) is 18.0. The van der Waals surface area contributed by atoms with Crippen molar-refractivity contribution in [3.05, 3.63) is 83.0 Å². The molecule has 31 heavy (non-hydrogen) atoms. The van der Waals surface area contributed by atoms with Crippen LogP contribution in [0.25, 0.3) is 10.9 Å². The van der Waals surface area contributed by atoms with E-state index in [0.29, 0.717) is 22.7 Å². The maximum atomic E-state index is 10.5. The highest BCUT2D eigenvalue weighted by Crippen LogP contribution is 2.35. The third-order valence-electron chi connectivity index (χ3n) is 5.37. The molecule has 0 bridgehead atoms. The van der Waals surface area contributed by atoms with Gasteiger partial charge in [0.1, 0.15) is 11.4 Å². The van der Waals surface area contributed by atoms with Gasteiger partial charge in [-0.2, -0.15) is 5.10 Å². The van der Waals surface area contributed by atoms with E-state index in [-0.39, 0.29) is 11.8 Å². The SMILES string of the molecule is CC(C)n1nc(C2=Nc3ccccc3N=C(c3cc(Cl)ccc3O)C2)c2ccccc21. The number of halogens is 1. The summed E-state index contributed by atoms with van der Waals surface area (Å²) in [5.41, 5.74) is 5.53. The van der Waals surface area contributed by atoms with Gasteiger partial charge in [0.15, 0.2) is 0 Å². The molecule has 0 radical (unpaired) electrons. The number of aromatic nitrogens is 2. The van der Waals surface area contributed by atoms with Gasteiger partial charge in [0.05, 0.1) is 28.3 Å². The van der Waals surface area contributed by atoms with Crippen LogP contribution in [-0.4, -0.2) is 26.3 Å². The van der Waals surface area contributed by atoms with Crippen LogP contribution in [-0.2, 0) is 0 Å². The highest BCUT2D eigenvalue weighted by Gasteiger charge is 2.23. The van der Waals surface area contributed by atoms with Crippen molar-refractivity contribution in [2.75, 3.05) is 0 Å². The van der Waals surface area contributed by atoms with Crippen LogP contribution in [0.1, 0.15) is 37.6 Å². The van der Waals surface area contributed by atoms with Crippen LogP contribution < -0.4 is 0 Å². The van der Waals surface area contributed by atoms with E-state index < -0.39 is 0 Å². The van der Waals surface area contributed by atoms with Crippen LogP contribution in [0.4, 0.5) is 11.4 Å². The van der Waals surface area contributed by atoms with Crippen LogP contribution in [0.3, 0.4) is 0 Å². The smallest absolute Gasteiger partial charge is 0.124 e. The fourth-order valence-electron chi connectivity index (χ4n) is 3.91. The lowest BCUT2D eigenvalue weighted by atomic mass is 10.0. The molecule has 6 heteroatoms. The summed E-state index contributed by atoms with van der Waals surface area (Å²) in [7, 11) is 0. The molecule has 154 valence electrons. The number of phenolic OH excluding ortho intramolecular Hbond substituents is 1. The van der Waals surface area contributed by atoms with Crippen molar-refractivity contribution in [1.29, 1.82) is 0 Å². The van der Waals surface area contributed by atoms with Gasteiger partial charge in [-0.05, 0) is 50.2 Å². The molecule has 0 fully saturated rings. The van der Waals surface area contributed by atoms with E-state index in [1.807, 2.05) is 41.1 Å². The number of para-hydroxylation sites is 3. The first-order valence-electron chi connectivity index (χ1n) is 10.2. The van der Waals surface area contributed by atoms with Crippen LogP contribution >= 0.6 is 11.6 Å². The lowest BCUT2D eigenvalue weighted by Crippen LogP contribution is -2.12. The van der Waals surface area contributed by atoms with Gasteiger partial charge in [-0.1, -0.05) is 41.9 Å². The largest absolute Gasteiger partial charge is 0.507 e. The van der Waals surface area contributed by atoms with Crippen molar-refractivity contribution in [2.24, 2.45) is 9.98 Å². The predicted octanol–water partition coefficient (Wildman–Crippen LogP) is 6.62. The Balaban J connectivity index is 1.74. The van der Waals surface area contributed by atoms with Gasteiger partial charge in [0, 0.05) is 28.4 Å². The first-order chi connectivity index (χ1) is 15.0. The molecule has 0 aliphatic carbocycles. The van der Waals surface area contributed by atoms with Crippen molar-refractivity contribution in [1.82, 2.24) is 9.78 Å². The second kappa shape index (κ2) is 7.67. The van der Waals surface area contributed by atoms with Gasteiger partial charge in [-0.25, -0.2) is 4.99 Å². The van der Waals surface area contributed by atoms with E-state index in [9.17, 15) is 5.11 Å². The molecule has 2 heterocycles. The summed E-state index contributed by atoms with van der Waals surface area (Å²) in [6, 6.07) is 21.1. The Morgan fingerprint density at radius 2 is 1.58 bits per heavy atom.